The number of amides is 1. The standard InChI is InChI=1S/C17H18N4O4/c1-11(2)25-17(23)14(8-21-6-5-18-9-21)20-16(22)12-3-4-13-15(7-12)24-10-19-13/h3-7,9-11,14H,8H2,1-2H3,(H,20,22)/t14-/m0/s1. The average molecular weight is 342 g/mol. The molecule has 0 aliphatic heterocycles. The fraction of sp³-hybridized carbons (Fsp3) is 0.294. The minimum Gasteiger partial charge on any atom is -0.461 e. The largest absolute Gasteiger partial charge is 0.461 e. The molecule has 130 valence electrons. The Morgan fingerprint density at radius 1 is 1.36 bits per heavy atom. The molecule has 0 aliphatic rings. The molecule has 0 aliphatic carbocycles. The number of esters is 1. The fourth-order valence-corrected chi connectivity index (χ4v) is 2.34. The van der Waals surface area contributed by atoms with Gasteiger partial charge in [0.05, 0.1) is 19.0 Å². The van der Waals surface area contributed by atoms with Gasteiger partial charge < -0.3 is 19.0 Å². The zero-order valence-electron chi connectivity index (χ0n) is 13.9. The van der Waals surface area contributed by atoms with Gasteiger partial charge in [0.15, 0.2) is 12.0 Å². The number of hydrogen-bond donors (Lipinski definition) is 1. The van der Waals surface area contributed by atoms with E-state index in [0.29, 0.717) is 16.7 Å². The summed E-state index contributed by atoms with van der Waals surface area (Å²) in [6, 6.07) is 4.06. The van der Waals surface area contributed by atoms with Crippen molar-refractivity contribution in [3.05, 3.63) is 48.9 Å². The van der Waals surface area contributed by atoms with Gasteiger partial charge in [-0.05, 0) is 32.0 Å². The highest BCUT2D eigenvalue weighted by Crippen LogP contribution is 2.14. The number of benzene rings is 1. The van der Waals surface area contributed by atoms with E-state index in [4.69, 9.17) is 9.15 Å². The number of carbonyl (C=O) groups is 2. The van der Waals surface area contributed by atoms with E-state index in [0.717, 1.165) is 0 Å². The van der Waals surface area contributed by atoms with Gasteiger partial charge in [-0.1, -0.05) is 0 Å². The fourth-order valence-electron chi connectivity index (χ4n) is 2.34. The lowest BCUT2D eigenvalue weighted by molar-refractivity contribution is -0.150. The molecule has 0 bridgehead atoms. The number of oxazole rings is 1. The number of nitrogens with zero attached hydrogens (tertiary/aromatic N) is 3. The second kappa shape index (κ2) is 7.16. The van der Waals surface area contributed by atoms with Crippen LogP contribution in [0.15, 0.2) is 47.7 Å². The van der Waals surface area contributed by atoms with Gasteiger partial charge in [0.1, 0.15) is 11.6 Å². The topological polar surface area (TPSA) is 99.2 Å². The number of hydrogen-bond acceptors (Lipinski definition) is 6. The summed E-state index contributed by atoms with van der Waals surface area (Å²) in [6.07, 6.45) is 5.92. The zero-order valence-corrected chi connectivity index (χ0v) is 13.9. The highest BCUT2D eigenvalue weighted by molar-refractivity contribution is 5.99. The lowest BCUT2D eigenvalue weighted by Gasteiger charge is -2.19. The summed E-state index contributed by atoms with van der Waals surface area (Å²) >= 11 is 0. The molecular formula is C17H18N4O4. The molecule has 0 spiro atoms. The Bertz CT molecular complexity index is 870. The van der Waals surface area contributed by atoms with Gasteiger partial charge in [-0.25, -0.2) is 14.8 Å². The second-order valence-electron chi connectivity index (χ2n) is 5.81. The normalized spacial score (nSPS) is 12.3. The molecule has 3 aromatic rings. The van der Waals surface area contributed by atoms with Crippen molar-refractivity contribution in [2.75, 3.05) is 0 Å². The Kier molecular flexibility index (Phi) is 4.78. The zero-order chi connectivity index (χ0) is 17.8. The molecule has 1 atom stereocenters. The van der Waals surface area contributed by atoms with Crippen LogP contribution in [0.2, 0.25) is 0 Å². The molecule has 25 heavy (non-hydrogen) atoms. The Labute approximate surface area is 143 Å². The van der Waals surface area contributed by atoms with Crippen LogP contribution in [0.5, 0.6) is 0 Å². The number of aromatic nitrogens is 3. The molecule has 2 heterocycles. The van der Waals surface area contributed by atoms with Crippen molar-refractivity contribution < 1.29 is 18.7 Å². The van der Waals surface area contributed by atoms with Gasteiger partial charge >= 0.3 is 5.97 Å². The van der Waals surface area contributed by atoms with E-state index >= 15 is 0 Å². The first kappa shape index (κ1) is 16.7. The monoisotopic (exact) mass is 342 g/mol. The molecule has 8 heteroatoms. The summed E-state index contributed by atoms with van der Waals surface area (Å²) in [5, 5.41) is 2.71. The Hall–Kier alpha value is -3.16. The number of fused-ring (bicyclic) bond motifs is 1. The third-order valence-electron chi connectivity index (χ3n) is 3.49. The van der Waals surface area contributed by atoms with Gasteiger partial charge in [-0.3, -0.25) is 4.79 Å². The van der Waals surface area contributed by atoms with E-state index in [-0.39, 0.29) is 12.6 Å². The van der Waals surface area contributed by atoms with E-state index in [1.54, 1.807) is 55.3 Å². The molecule has 0 saturated carbocycles. The van der Waals surface area contributed by atoms with Crippen LogP contribution in [-0.2, 0) is 16.1 Å². The van der Waals surface area contributed by atoms with Crippen molar-refractivity contribution >= 4 is 23.0 Å². The van der Waals surface area contributed by atoms with E-state index in [1.165, 1.54) is 6.39 Å². The van der Waals surface area contributed by atoms with Gasteiger partial charge in [0.2, 0.25) is 0 Å². The lowest BCUT2D eigenvalue weighted by atomic mass is 10.1. The first-order valence-electron chi connectivity index (χ1n) is 7.83. The summed E-state index contributed by atoms with van der Waals surface area (Å²) < 4.78 is 12.1. The number of rotatable bonds is 6. The molecule has 0 unspecified atom stereocenters. The van der Waals surface area contributed by atoms with Crippen molar-refractivity contribution in [1.82, 2.24) is 19.9 Å². The maximum absolute atomic E-state index is 12.5. The van der Waals surface area contributed by atoms with Crippen LogP contribution >= 0.6 is 0 Å². The lowest BCUT2D eigenvalue weighted by Crippen LogP contribution is -2.45. The van der Waals surface area contributed by atoms with E-state index in [1.807, 2.05) is 0 Å². The van der Waals surface area contributed by atoms with E-state index in [2.05, 4.69) is 15.3 Å². The quantitative estimate of drug-likeness (QED) is 0.686. The van der Waals surface area contributed by atoms with Crippen molar-refractivity contribution in [2.45, 2.75) is 32.5 Å². The Morgan fingerprint density at radius 3 is 2.92 bits per heavy atom. The van der Waals surface area contributed by atoms with Crippen LogP contribution in [-0.4, -0.2) is 38.6 Å². The summed E-state index contributed by atoms with van der Waals surface area (Å²) in [6.45, 7) is 3.74. The summed E-state index contributed by atoms with van der Waals surface area (Å²) in [4.78, 5) is 32.8. The highest BCUT2D eigenvalue weighted by Gasteiger charge is 2.24. The van der Waals surface area contributed by atoms with Gasteiger partial charge in [0, 0.05) is 18.0 Å². The maximum atomic E-state index is 12.5. The molecule has 3 rings (SSSR count). The number of nitrogens with one attached hydrogen (secondary N) is 1. The van der Waals surface area contributed by atoms with Gasteiger partial charge in [-0.15, -0.1) is 0 Å². The summed E-state index contributed by atoms with van der Waals surface area (Å²) in [7, 11) is 0. The van der Waals surface area contributed by atoms with Crippen molar-refractivity contribution in [3.8, 4) is 0 Å². The predicted octanol–water partition coefficient (Wildman–Crippen LogP) is 1.77. The first-order valence-corrected chi connectivity index (χ1v) is 7.83. The molecule has 1 N–H and O–H groups in total. The molecule has 8 nitrogen and oxygen atoms in total. The molecule has 1 aromatic carbocycles. The average Bonchev–Trinajstić information content (AvgIpc) is 3.24. The highest BCUT2D eigenvalue weighted by atomic mass is 16.5. The van der Waals surface area contributed by atoms with Crippen LogP contribution in [0.25, 0.3) is 11.1 Å². The third-order valence-corrected chi connectivity index (χ3v) is 3.49. The second-order valence-corrected chi connectivity index (χ2v) is 5.81. The van der Waals surface area contributed by atoms with Crippen molar-refractivity contribution in [2.24, 2.45) is 0 Å². The minimum absolute atomic E-state index is 0.224. The molecular weight excluding hydrogens is 324 g/mol. The molecule has 0 saturated heterocycles. The first-order chi connectivity index (χ1) is 12.0. The number of ether oxygens (including phenoxy) is 1. The SMILES string of the molecule is CC(C)OC(=O)[C@H](Cn1ccnc1)NC(=O)c1ccc2ncoc2c1. The van der Waals surface area contributed by atoms with Crippen LogP contribution in [0.4, 0.5) is 0 Å². The Balaban J connectivity index is 1.77. The molecule has 2 aromatic heterocycles. The molecule has 1 amide bonds. The van der Waals surface area contributed by atoms with Gasteiger partial charge in [-0.2, -0.15) is 0 Å². The predicted molar refractivity (Wildman–Crippen MR) is 88.7 cm³/mol. The number of carbonyl (C=O) groups excluding carboxylic acids is 2. The van der Waals surface area contributed by atoms with Crippen molar-refractivity contribution in [1.29, 1.82) is 0 Å². The van der Waals surface area contributed by atoms with Crippen LogP contribution in [0, 0.1) is 0 Å². The molecule has 0 fully saturated rings. The third kappa shape index (κ3) is 4.03. The van der Waals surface area contributed by atoms with Crippen LogP contribution < -0.4 is 5.32 Å². The van der Waals surface area contributed by atoms with E-state index < -0.39 is 17.9 Å². The summed E-state index contributed by atoms with van der Waals surface area (Å²) in [5.41, 5.74) is 1.53. The van der Waals surface area contributed by atoms with Crippen LogP contribution in [0.3, 0.4) is 0 Å². The van der Waals surface area contributed by atoms with Gasteiger partial charge in [0.25, 0.3) is 5.91 Å². The molecule has 0 radical (unpaired) electrons. The summed E-state index contributed by atoms with van der Waals surface area (Å²) in [5.74, 6) is -0.901. The van der Waals surface area contributed by atoms with Crippen LogP contribution in [0.1, 0.15) is 24.2 Å². The van der Waals surface area contributed by atoms with E-state index in [9.17, 15) is 9.59 Å². The number of imidazole rings is 1. The maximum Gasteiger partial charge on any atom is 0.330 e. The smallest absolute Gasteiger partial charge is 0.330 e. The Morgan fingerprint density at radius 2 is 2.20 bits per heavy atom. The van der Waals surface area contributed by atoms with Crippen molar-refractivity contribution in [3.63, 3.8) is 0 Å². The minimum atomic E-state index is -0.838.